The molecule has 1 amide bonds. The van der Waals surface area contributed by atoms with Crippen LogP contribution in [0.25, 0.3) is 10.2 Å². The zero-order chi connectivity index (χ0) is 19.7. The number of aryl methyl sites for hydroxylation is 1. The number of ether oxygens (including phenoxy) is 1. The maximum absolute atomic E-state index is 12.8. The van der Waals surface area contributed by atoms with Gasteiger partial charge in [0.05, 0.1) is 28.3 Å². The Morgan fingerprint density at radius 1 is 1.18 bits per heavy atom. The number of thiazole rings is 1. The van der Waals surface area contributed by atoms with Gasteiger partial charge in [0, 0.05) is 18.7 Å². The Labute approximate surface area is 167 Å². The van der Waals surface area contributed by atoms with Crippen LogP contribution in [0.3, 0.4) is 0 Å². The van der Waals surface area contributed by atoms with Gasteiger partial charge in [-0.15, -0.1) is 0 Å². The Hall–Kier alpha value is -2.33. The van der Waals surface area contributed by atoms with E-state index in [0.29, 0.717) is 47.2 Å². The lowest BCUT2D eigenvalue weighted by molar-refractivity contribution is 0.0730. The number of anilines is 1. The minimum Gasteiger partial charge on any atom is -0.379 e. The number of hydrogen-bond acceptors (Lipinski definition) is 6. The molecule has 0 aliphatic carbocycles. The van der Waals surface area contributed by atoms with Crippen molar-refractivity contribution in [2.75, 3.05) is 31.6 Å². The molecule has 7 nitrogen and oxygen atoms in total. The van der Waals surface area contributed by atoms with Crippen LogP contribution in [-0.4, -0.2) is 49.9 Å². The molecule has 1 N–H and O–H groups in total. The van der Waals surface area contributed by atoms with E-state index in [1.807, 2.05) is 25.1 Å². The van der Waals surface area contributed by atoms with Crippen LogP contribution in [0, 0.1) is 6.92 Å². The summed E-state index contributed by atoms with van der Waals surface area (Å²) in [5, 5.41) is 3.24. The fourth-order valence-electron chi connectivity index (χ4n) is 3.05. The van der Waals surface area contributed by atoms with E-state index in [4.69, 9.17) is 4.74 Å². The molecule has 2 heterocycles. The van der Waals surface area contributed by atoms with Crippen molar-refractivity contribution in [3.05, 3.63) is 53.6 Å². The van der Waals surface area contributed by atoms with Crippen molar-refractivity contribution in [1.82, 2.24) is 9.29 Å². The lowest BCUT2D eigenvalue weighted by Gasteiger charge is -2.25. The molecule has 1 aliphatic rings. The van der Waals surface area contributed by atoms with Gasteiger partial charge in [0.25, 0.3) is 5.91 Å². The van der Waals surface area contributed by atoms with Crippen molar-refractivity contribution in [1.29, 1.82) is 0 Å². The molecule has 0 atom stereocenters. The van der Waals surface area contributed by atoms with Gasteiger partial charge in [-0.2, -0.15) is 4.31 Å². The molecule has 0 bridgehead atoms. The van der Waals surface area contributed by atoms with Crippen LogP contribution >= 0.6 is 11.3 Å². The summed E-state index contributed by atoms with van der Waals surface area (Å²) in [6.45, 7) is 3.37. The average Bonchev–Trinajstić information content (AvgIpc) is 3.10. The van der Waals surface area contributed by atoms with Crippen molar-refractivity contribution in [2.45, 2.75) is 11.8 Å². The standard InChI is InChI=1S/C19H19N3O4S2/c1-13-4-2-3-5-15(13)18(23)21-19-20-16-7-6-14(12-17(16)27-19)28(24,25)22-8-10-26-11-9-22/h2-7,12H,8-11H2,1H3,(H,20,21,23). The second-order valence-electron chi connectivity index (χ2n) is 6.43. The Morgan fingerprint density at radius 2 is 1.93 bits per heavy atom. The van der Waals surface area contributed by atoms with Crippen LogP contribution in [0.4, 0.5) is 5.13 Å². The van der Waals surface area contributed by atoms with E-state index in [2.05, 4.69) is 10.3 Å². The lowest BCUT2D eigenvalue weighted by atomic mass is 10.1. The van der Waals surface area contributed by atoms with Crippen LogP contribution in [0.1, 0.15) is 15.9 Å². The number of carbonyl (C=O) groups is 1. The van der Waals surface area contributed by atoms with Gasteiger partial charge in [0.15, 0.2) is 5.13 Å². The summed E-state index contributed by atoms with van der Waals surface area (Å²) < 4.78 is 33.0. The number of aromatic nitrogens is 1. The molecule has 0 spiro atoms. The minimum absolute atomic E-state index is 0.224. The number of amides is 1. The smallest absolute Gasteiger partial charge is 0.257 e. The third-order valence-electron chi connectivity index (χ3n) is 4.58. The molecular formula is C19H19N3O4S2. The van der Waals surface area contributed by atoms with Gasteiger partial charge in [0.2, 0.25) is 10.0 Å². The molecule has 9 heteroatoms. The van der Waals surface area contributed by atoms with E-state index in [1.54, 1.807) is 24.3 Å². The van der Waals surface area contributed by atoms with Crippen LogP contribution < -0.4 is 5.32 Å². The number of nitrogens with zero attached hydrogens (tertiary/aromatic N) is 2. The van der Waals surface area contributed by atoms with Gasteiger partial charge in [0.1, 0.15) is 0 Å². The van der Waals surface area contributed by atoms with Gasteiger partial charge >= 0.3 is 0 Å². The highest BCUT2D eigenvalue weighted by molar-refractivity contribution is 7.89. The third kappa shape index (κ3) is 3.66. The highest BCUT2D eigenvalue weighted by Crippen LogP contribution is 2.29. The minimum atomic E-state index is -3.57. The number of rotatable bonds is 4. The maximum atomic E-state index is 12.8. The molecule has 146 valence electrons. The highest BCUT2D eigenvalue weighted by Gasteiger charge is 2.26. The lowest BCUT2D eigenvalue weighted by Crippen LogP contribution is -2.40. The first-order valence-electron chi connectivity index (χ1n) is 8.80. The average molecular weight is 418 g/mol. The zero-order valence-electron chi connectivity index (χ0n) is 15.2. The molecule has 28 heavy (non-hydrogen) atoms. The Morgan fingerprint density at radius 3 is 2.68 bits per heavy atom. The van der Waals surface area contributed by atoms with Gasteiger partial charge < -0.3 is 4.74 Å². The predicted octanol–water partition coefficient (Wildman–Crippen LogP) is 2.88. The normalized spacial score (nSPS) is 15.6. The first-order chi connectivity index (χ1) is 13.4. The van der Waals surface area contributed by atoms with Crippen molar-refractivity contribution < 1.29 is 17.9 Å². The number of sulfonamides is 1. The largest absolute Gasteiger partial charge is 0.379 e. The number of morpholine rings is 1. The van der Waals surface area contributed by atoms with E-state index in [9.17, 15) is 13.2 Å². The second-order valence-corrected chi connectivity index (χ2v) is 9.40. The van der Waals surface area contributed by atoms with E-state index in [-0.39, 0.29) is 10.8 Å². The number of nitrogens with one attached hydrogen (secondary N) is 1. The van der Waals surface area contributed by atoms with E-state index >= 15 is 0 Å². The van der Waals surface area contributed by atoms with Crippen molar-refractivity contribution in [3.8, 4) is 0 Å². The number of fused-ring (bicyclic) bond motifs is 1. The first-order valence-corrected chi connectivity index (χ1v) is 11.1. The summed E-state index contributed by atoms with van der Waals surface area (Å²) in [5.74, 6) is -0.238. The molecule has 0 saturated carbocycles. The van der Waals surface area contributed by atoms with Crippen molar-refractivity contribution in [2.24, 2.45) is 0 Å². The summed E-state index contributed by atoms with van der Waals surface area (Å²) in [4.78, 5) is 17.1. The summed E-state index contributed by atoms with van der Waals surface area (Å²) in [6.07, 6.45) is 0. The maximum Gasteiger partial charge on any atom is 0.257 e. The van der Waals surface area contributed by atoms with Gasteiger partial charge in [-0.05, 0) is 36.8 Å². The van der Waals surface area contributed by atoms with E-state index in [1.165, 1.54) is 15.6 Å². The molecule has 2 aromatic carbocycles. The van der Waals surface area contributed by atoms with Crippen molar-refractivity contribution in [3.63, 3.8) is 0 Å². The highest BCUT2D eigenvalue weighted by atomic mass is 32.2. The van der Waals surface area contributed by atoms with Crippen LogP contribution in [0.15, 0.2) is 47.4 Å². The molecule has 1 fully saturated rings. The van der Waals surface area contributed by atoms with Gasteiger partial charge in [-0.1, -0.05) is 29.5 Å². The fourth-order valence-corrected chi connectivity index (χ4v) is 5.46. The molecule has 1 aliphatic heterocycles. The molecule has 0 radical (unpaired) electrons. The second kappa shape index (κ2) is 7.59. The molecule has 1 aromatic heterocycles. The Kier molecular flexibility index (Phi) is 5.15. The fraction of sp³-hybridized carbons (Fsp3) is 0.263. The van der Waals surface area contributed by atoms with Crippen molar-refractivity contribution >= 4 is 42.6 Å². The number of carbonyl (C=O) groups excluding carboxylic acids is 1. The molecule has 1 saturated heterocycles. The Bertz CT molecular complexity index is 1140. The van der Waals surface area contributed by atoms with Crippen LogP contribution in [-0.2, 0) is 14.8 Å². The number of benzene rings is 2. The third-order valence-corrected chi connectivity index (χ3v) is 7.41. The van der Waals surface area contributed by atoms with Gasteiger partial charge in [-0.25, -0.2) is 13.4 Å². The predicted molar refractivity (Wildman–Crippen MR) is 108 cm³/mol. The zero-order valence-corrected chi connectivity index (χ0v) is 16.8. The topological polar surface area (TPSA) is 88.6 Å². The molecule has 4 rings (SSSR count). The molecular weight excluding hydrogens is 398 g/mol. The summed E-state index contributed by atoms with van der Waals surface area (Å²) in [7, 11) is -3.57. The SMILES string of the molecule is Cc1ccccc1C(=O)Nc1nc2ccc(S(=O)(=O)N3CCOCC3)cc2s1. The quantitative estimate of drug-likeness (QED) is 0.705. The molecule has 3 aromatic rings. The Balaban J connectivity index is 1.60. The summed E-state index contributed by atoms with van der Waals surface area (Å²) >= 11 is 1.25. The van der Waals surface area contributed by atoms with Crippen LogP contribution in [0.5, 0.6) is 0 Å². The van der Waals surface area contributed by atoms with E-state index in [0.717, 1.165) is 5.56 Å². The van der Waals surface area contributed by atoms with E-state index < -0.39 is 10.0 Å². The number of hydrogen-bond donors (Lipinski definition) is 1. The van der Waals surface area contributed by atoms with Crippen LogP contribution in [0.2, 0.25) is 0 Å². The monoisotopic (exact) mass is 417 g/mol. The first kappa shape index (κ1) is 19.0. The summed E-state index contributed by atoms with van der Waals surface area (Å²) in [6, 6.07) is 12.1. The summed E-state index contributed by atoms with van der Waals surface area (Å²) in [5.41, 5.74) is 2.10. The molecule has 0 unspecified atom stereocenters. The van der Waals surface area contributed by atoms with Gasteiger partial charge in [-0.3, -0.25) is 10.1 Å².